The van der Waals surface area contributed by atoms with Crippen LogP contribution < -0.4 is 0 Å². The molecule has 0 bridgehead atoms. The van der Waals surface area contributed by atoms with Crippen molar-refractivity contribution in [3.8, 4) is 44.9 Å². The second-order valence-corrected chi connectivity index (χ2v) is 12.4. The monoisotopic (exact) mass is 777 g/mol. The molecule has 0 saturated heterocycles. The molecule has 5 heteroatoms. The van der Waals surface area contributed by atoms with E-state index in [0.717, 1.165) is 61.7 Å². The molecule has 4 nitrogen and oxygen atoms in total. The number of hydrogen-bond acceptors (Lipinski definition) is 2. The summed E-state index contributed by atoms with van der Waals surface area (Å²) in [6.45, 7) is 6.74. The average molecular weight is 778 g/mol. The summed E-state index contributed by atoms with van der Waals surface area (Å²) < 4.78 is 2.16. The molecule has 5 aromatic carbocycles. The number of fused-ring (bicyclic) bond motifs is 1. The van der Waals surface area contributed by atoms with Gasteiger partial charge in [-0.3, -0.25) is 4.98 Å². The second kappa shape index (κ2) is 12.9. The Hall–Kier alpha value is -4.79. The van der Waals surface area contributed by atoms with Gasteiger partial charge in [-0.15, -0.1) is 40.7 Å². The smallest absolute Gasteiger partial charge is 0.657 e. The number of para-hydroxylation sites is 3. The molecule has 0 atom stereocenters. The Morgan fingerprint density at radius 2 is 1.35 bits per heavy atom. The van der Waals surface area contributed by atoms with Crippen molar-refractivity contribution in [2.75, 3.05) is 0 Å². The van der Waals surface area contributed by atoms with Crippen LogP contribution in [0.25, 0.3) is 61.2 Å². The number of rotatable bonds is 6. The number of aryl methyl sites for hydroxylation is 1. The molecule has 46 heavy (non-hydrogen) atoms. The Bertz CT molecular complexity index is 2130. The molecule has 0 unspecified atom stereocenters. The summed E-state index contributed by atoms with van der Waals surface area (Å²) in [7, 11) is 2.08. The van der Waals surface area contributed by atoms with Crippen molar-refractivity contribution < 1.29 is 21.1 Å². The standard InChI is InChI=1S/C41H34N4.Pt/c1-41(2,3)32-25-30(24-31(26-32)37-27-29(22-23-42-37)28-14-7-5-8-15-28)34-19-13-21-38-39(34)44-40(45(38)4)35-18-11-12-20-36(35)43-33-16-9-6-10-17-33;/h5-23,25-27H,1-4H3;/q-2;+2. The van der Waals surface area contributed by atoms with Crippen LogP contribution in [0.15, 0.2) is 134 Å². The number of aromatic nitrogens is 3. The van der Waals surface area contributed by atoms with E-state index in [4.69, 9.17) is 15.3 Å². The third-order valence-corrected chi connectivity index (χ3v) is 8.23. The number of hydrogen-bond donors (Lipinski definition) is 0. The van der Waals surface area contributed by atoms with Gasteiger partial charge in [-0.2, -0.15) is 0 Å². The maximum Gasteiger partial charge on any atom is 2.00 e. The third kappa shape index (κ3) is 6.18. The largest absolute Gasteiger partial charge is 2.00 e. The van der Waals surface area contributed by atoms with Crippen molar-refractivity contribution in [3.05, 3.63) is 151 Å². The Kier molecular flexibility index (Phi) is 8.75. The zero-order valence-electron chi connectivity index (χ0n) is 26.3. The van der Waals surface area contributed by atoms with Crippen molar-refractivity contribution in [2.45, 2.75) is 26.2 Å². The summed E-state index contributed by atoms with van der Waals surface area (Å²) in [4.78, 5) is 10.1. The minimum absolute atomic E-state index is 0. The molecule has 0 aliphatic rings. The Labute approximate surface area is 285 Å². The van der Waals surface area contributed by atoms with Gasteiger partial charge >= 0.3 is 21.1 Å². The van der Waals surface area contributed by atoms with E-state index in [1.54, 1.807) is 0 Å². The quantitative estimate of drug-likeness (QED) is 0.158. The summed E-state index contributed by atoms with van der Waals surface area (Å²) in [5.74, 6) is 0.872. The normalized spacial score (nSPS) is 11.3. The first kappa shape index (κ1) is 31.2. The van der Waals surface area contributed by atoms with E-state index in [2.05, 4.69) is 111 Å². The van der Waals surface area contributed by atoms with Crippen molar-refractivity contribution in [1.82, 2.24) is 14.5 Å². The molecule has 0 saturated carbocycles. The SMILES string of the molecule is Cn1c(-c2ccccc2[N-]c2ccccc2)nc2c(-c3[c-]c(-c4cc(-c5ccccc5)ccn4)cc(C(C)(C)C)c3)cccc21.[Pt+2]. The predicted octanol–water partition coefficient (Wildman–Crippen LogP) is 11.1. The fourth-order valence-electron chi connectivity index (χ4n) is 5.75. The van der Waals surface area contributed by atoms with Crippen LogP contribution in [0.2, 0.25) is 0 Å². The number of pyridine rings is 1. The maximum atomic E-state index is 5.28. The van der Waals surface area contributed by atoms with Crippen LogP contribution in [0.4, 0.5) is 11.4 Å². The van der Waals surface area contributed by atoms with E-state index in [1.165, 1.54) is 11.1 Å². The minimum Gasteiger partial charge on any atom is -0.657 e. The molecule has 0 aliphatic carbocycles. The van der Waals surface area contributed by atoms with Gasteiger partial charge in [0.1, 0.15) is 5.82 Å². The number of benzene rings is 5. The van der Waals surface area contributed by atoms with E-state index in [-0.39, 0.29) is 26.5 Å². The maximum absolute atomic E-state index is 5.28. The Morgan fingerprint density at radius 1 is 0.674 bits per heavy atom. The first-order chi connectivity index (χ1) is 21.8. The van der Waals surface area contributed by atoms with Crippen molar-refractivity contribution in [1.29, 1.82) is 0 Å². The summed E-state index contributed by atoms with van der Waals surface area (Å²) in [6.07, 6.45) is 1.89. The van der Waals surface area contributed by atoms with E-state index in [1.807, 2.05) is 60.8 Å². The van der Waals surface area contributed by atoms with E-state index in [0.29, 0.717) is 0 Å². The van der Waals surface area contributed by atoms with Gasteiger partial charge in [0.05, 0.1) is 11.0 Å². The first-order valence-electron chi connectivity index (χ1n) is 15.3. The fraction of sp³-hybridized carbons (Fsp3) is 0.122. The predicted molar refractivity (Wildman–Crippen MR) is 187 cm³/mol. The van der Waals surface area contributed by atoms with Gasteiger partial charge in [0, 0.05) is 24.5 Å². The Morgan fingerprint density at radius 3 is 2.11 bits per heavy atom. The topological polar surface area (TPSA) is 44.8 Å². The van der Waals surface area contributed by atoms with Crippen LogP contribution in [0.5, 0.6) is 0 Å². The van der Waals surface area contributed by atoms with Gasteiger partial charge in [-0.1, -0.05) is 135 Å². The van der Waals surface area contributed by atoms with Gasteiger partial charge in [0.2, 0.25) is 0 Å². The zero-order valence-corrected chi connectivity index (χ0v) is 28.6. The van der Waals surface area contributed by atoms with Crippen molar-refractivity contribution in [3.63, 3.8) is 0 Å². The van der Waals surface area contributed by atoms with Gasteiger partial charge in [0.25, 0.3) is 0 Å². The van der Waals surface area contributed by atoms with E-state index >= 15 is 0 Å². The Balaban J connectivity index is 0.00000372. The van der Waals surface area contributed by atoms with E-state index < -0.39 is 0 Å². The number of imidazole rings is 1. The molecule has 2 aromatic heterocycles. The van der Waals surface area contributed by atoms with Crippen LogP contribution in [-0.2, 0) is 33.5 Å². The molecule has 2 heterocycles. The van der Waals surface area contributed by atoms with Gasteiger partial charge in [-0.05, 0) is 28.7 Å². The van der Waals surface area contributed by atoms with Crippen LogP contribution in [0.1, 0.15) is 26.3 Å². The van der Waals surface area contributed by atoms with Crippen LogP contribution in [-0.4, -0.2) is 14.5 Å². The molecule has 0 spiro atoms. The van der Waals surface area contributed by atoms with Crippen LogP contribution >= 0.6 is 0 Å². The molecule has 0 amide bonds. The molecular weight excluding hydrogens is 744 g/mol. The molecule has 0 N–H and O–H groups in total. The zero-order chi connectivity index (χ0) is 31.0. The summed E-state index contributed by atoms with van der Waals surface area (Å²) in [6, 6.07) is 47.5. The third-order valence-electron chi connectivity index (χ3n) is 8.23. The van der Waals surface area contributed by atoms with Crippen LogP contribution in [0, 0.1) is 6.07 Å². The number of nitrogens with zero attached hydrogens (tertiary/aromatic N) is 4. The summed E-state index contributed by atoms with van der Waals surface area (Å²) >= 11 is 0. The fourth-order valence-corrected chi connectivity index (χ4v) is 5.75. The van der Waals surface area contributed by atoms with Gasteiger partial charge in [0.15, 0.2) is 0 Å². The molecule has 7 rings (SSSR count). The molecule has 0 aliphatic heterocycles. The molecular formula is C41H34N4Pt. The first-order valence-corrected chi connectivity index (χ1v) is 15.3. The molecule has 0 fully saturated rings. The minimum atomic E-state index is -0.0727. The van der Waals surface area contributed by atoms with Crippen molar-refractivity contribution >= 4 is 22.4 Å². The molecule has 0 radical (unpaired) electrons. The van der Waals surface area contributed by atoms with Crippen LogP contribution in [0.3, 0.4) is 0 Å². The second-order valence-electron chi connectivity index (χ2n) is 12.4. The van der Waals surface area contributed by atoms with Crippen molar-refractivity contribution in [2.24, 2.45) is 7.05 Å². The summed E-state index contributed by atoms with van der Waals surface area (Å²) in [5, 5.41) is 4.96. The van der Waals surface area contributed by atoms with E-state index in [9.17, 15) is 0 Å². The molecule has 228 valence electrons. The molecule has 7 aromatic rings. The average Bonchev–Trinajstić information content (AvgIpc) is 3.41. The summed E-state index contributed by atoms with van der Waals surface area (Å²) in [5.41, 5.74) is 12.1. The van der Waals surface area contributed by atoms with Gasteiger partial charge in [-0.25, -0.2) is 4.98 Å². The van der Waals surface area contributed by atoms with Gasteiger partial charge < -0.3 is 9.88 Å².